The van der Waals surface area contributed by atoms with Crippen molar-refractivity contribution in [2.45, 2.75) is 58.4 Å². The zero-order valence-corrected chi connectivity index (χ0v) is 12.7. The minimum atomic E-state index is 0.0796. The first-order valence-corrected chi connectivity index (χ1v) is 7.43. The lowest BCUT2D eigenvalue weighted by molar-refractivity contribution is 0.546. The van der Waals surface area contributed by atoms with Crippen molar-refractivity contribution in [2.75, 3.05) is 11.9 Å². The van der Waals surface area contributed by atoms with Crippen molar-refractivity contribution >= 4 is 11.7 Å². The molecule has 0 unspecified atom stereocenters. The molecule has 0 aliphatic heterocycles. The Morgan fingerprint density at radius 2 is 1.75 bits per heavy atom. The quantitative estimate of drug-likeness (QED) is 0.505. The topological polar surface area (TPSA) is 78.9 Å². The van der Waals surface area contributed by atoms with Crippen molar-refractivity contribution < 1.29 is 0 Å². The van der Waals surface area contributed by atoms with E-state index in [9.17, 15) is 0 Å². The molecule has 1 saturated carbocycles. The van der Waals surface area contributed by atoms with Gasteiger partial charge in [-0.1, -0.05) is 25.7 Å². The van der Waals surface area contributed by atoms with E-state index in [4.69, 9.17) is 11.1 Å². The molecular weight excluding hydrogens is 250 g/mol. The molecule has 20 heavy (non-hydrogen) atoms. The molecule has 0 radical (unpaired) electrons. The minimum Gasteiger partial charge on any atom is -0.384 e. The second-order valence-electron chi connectivity index (χ2n) is 5.78. The molecule has 5 nitrogen and oxygen atoms in total. The van der Waals surface area contributed by atoms with Gasteiger partial charge >= 0.3 is 0 Å². The molecule has 5 heteroatoms. The Kier molecular flexibility index (Phi) is 4.57. The zero-order chi connectivity index (χ0) is 14.7. The lowest BCUT2D eigenvalue weighted by atomic mass is 10.0. The maximum atomic E-state index is 7.85. The predicted octanol–water partition coefficient (Wildman–Crippen LogP) is 2.54. The lowest BCUT2D eigenvalue weighted by Gasteiger charge is -2.30. The first-order chi connectivity index (χ1) is 9.52. The molecule has 0 atom stereocenters. The molecule has 1 fully saturated rings. The van der Waals surface area contributed by atoms with Gasteiger partial charge in [0.25, 0.3) is 0 Å². The molecule has 2 rings (SSSR count). The van der Waals surface area contributed by atoms with Crippen LogP contribution in [0.25, 0.3) is 0 Å². The van der Waals surface area contributed by atoms with Crippen LogP contribution >= 0.6 is 0 Å². The summed E-state index contributed by atoms with van der Waals surface area (Å²) in [7, 11) is 2.06. The molecule has 1 aromatic rings. The summed E-state index contributed by atoms with van der Waals surface area (Å²) in [6.45, 7) is 3.87. The van der Waals surface area contributed by atoms with Gasteiger partial charge in [0.1, 0.15) is 5.84 Å². The summed E-state index contributed by atoms with van der Waals surface area (Å²) in [5.74, 6) is 0.837. The second-order valence-corrected chi connectivity index (χ2v) is 5.78. The van der Waals surface area contributed by atoms with Crippen molar-refractivity contribution in [3.8, 4) is 0 Å². The van der Waals surface area contributed by atoms with Crippen LogP contribution in [0.15, 0.2) is 0 Å². The normalized spacial score (nSPS) is 16.8. The highest BCUT2D eigenvalue weighted by Crippen LogP contribution is 2.27. The van der Waals surface area contributed by atoms with Crippen LogP contribution in [0.1, 0.15) is 55.3 Å². The van der Waals surface area contributed by atoms with E-state index in [0.717, 1.165) is 22.6 Å². The van der Waals surface area contributed by atoms with Crippen LogP contribution in [-0.4, -0.2) is 29.1 Å². The molecule has 0 saturated heterocycles. The summed E-state index contributed by atoms with van der Waals surface area (Å²) >= 11 is 0. The zero-order valence-electron chi connectivity index (χ0n) is 12.7. The Morgan fingerprint density at radius 1 is 1.15 bits per heavy atom. The SMILES string of the molecule is Cc1nnc(N(C)C2CCCCCC2)c(C(=N)N)c1C. The fourth-order valence-corrected chi connectivity index (χ4v) is 2.98. The van der Waals surface area contributed by atoms with Crippen LogP contribution in [-0.2, 0) is 0 Å². The Morgan fingerprint density at radius 3 is 2.30 bits per heavy atom. The van der Waals surface area contributed by atoms with Gasteiger partial charge in [-0.2, -0.15) is 5.10 Å². The fourth-order valence-electron chi connectivity index (χ4n) is 2.98. The maximum Gasteiger partial charge on any atom is 0.162 e. The largest absolute Gasteiger partial charge is 0.384 e. The van der Waals surface area contributed by atoms with Gasteiger partial charge in [-0.05, 0) is 32.3 Å². The van der Waals surface area contributed by atoms with Crippen LogP contribution in [0, 0.1) is 19.3 Å². The van der Waals surface area contributed by atoms with E-state index in [-0.39, 0.29) is 5.84 Å². The molecule has 110 valence electrons. The Balaban J connectivity index is 2.35. The number of nitrogens with one attached hydrogen (secondary N) is 1. The molecule has 1 aliphatic rings. The standard InChI is InChI=1S/C15H25N5/c1-10-11(2)18-19-15(13(10)14(16)17)20(3)12-8-6-4-5-7-9-12/h12H,4-9H2,1-3H3,(H3,16,17). The van der Waals surface area contributed by atoms with Gasteiger partial charge in [-0.15, -0.1) is 5.10 Å². The number of hydrogen-bond donors (Lipinski definition) is 2. The number of nitrogens with zero attached hydrogens (tertiary/aromatic N) is 3. The first-order valence-electron chi connectivity index (χ1n) is 7.43. The van der Waals surface area contributed by atoms with Crippen molar-refractivity contribution in [2.24, 2.45) is 5.73 Å². The van der Waals surface area contributed by atoms with Gasteiger partial charge in [0.05, 0.1) is 11.3 Å². The average molecular weight is 275 g/mol. The third kappa shape index (κ3) is 2.92. The van der Waals surface area contributed by atoms with Gasteiger partial charge in [0.2, 0.25) is 0 Å². The van der Waals surface area contributed by atoms with Crippen LogP contribution in [0.3, 0.4) is 0 Å². The molecule has 1 aromatic heterocycles. The Bertz CT molecular complexity index is 489. The third-order valence-corrected chi connectivity index (χ3v) is 4.41. The number of nitrogen functional groups attached to an aromatic ring is 1. The number of nitrogens with two attached hydrogens (primary N) is 1. The van der Waals surface area contributed by atoms with E-state index in [0.29, 0.717) is 6.04 Å². The van der Waals surface area contributed by atoms with Gasteiger partial charge in [-0.3, -0.25) is 5.41 Å². The summed E-state index contributed by atoms with van der Waals surface area (Å²) in [4.78, 5) is 2.18. The first kappa shape index (κ1) is 14.8. The molecule has 1 aliphatic carbocycles. The van der Waals surface area contributed by atoms with Crippen molar-refractivity contribution in [3.63, 3.8) is 0 Å². The summed E-state index contributed by atoms with van der Waals surface area (Å²) < 4.78 is 0. The molecule has 0 bridgehead atoms. The second kappa shape index (κ2) is 6.20. The fraction of sp³-hybridized carbons (Fsp3) is 0.667. The minimum absolute atomic E-state index is 0.0796. The van der Waals surface area contributed by atoms with E-state index in [1.165, 1.54) is 38.5 Å². The summed E-state index contributed by atoms with van der Waals surface area (Å²) in [5, 5.41) is 16.4. The van der Waals surface area contributed by atoms with Gasteiger partial charge in [0.15, 0.2) is 5.82 Å². The van der Waals surface area contributed by atoms with E-state index >= 15 is 0 Å². The Hall–Kier alpha value is -1.65. The smallest absolute Gasteiger partial charge is 0.162 e. The monoisotopic (exact) mass is 275 g/mol. The number of rotatable bonds is 3. The van der Waals surface area contributed by atoms with Gasteiger partial charge < -0.3 is 10.6 Å². The predicted molar refractivity (Wildman–Crippen MR) is 82.4 cm³/mol. The number of anilines is 1. The summed E-state index contributed by atoms with van der Waals surface area (Å²) in [5.41, 5.74) is 8.31. The van der Waals surface area contributed by atoms with Gasteiger partial charge in [0, 0.05) is 13.1 Å². The van der Waals surface area contributed by atoms with Crippen LogP contribution in [0.5, 0.6) is 0 Å². The molecule has 0 aromatic carbocycles. The van der Waals surface area contributed by atoms with E-state index < -0.39 is 0 Å². The summed E-state index contributed by atoms with van der Waals surface area (Å²) in [6.07, 6.45) is 7.54. The number of amidine groups is 1. The Labute approximate surface area is 121 Å². The van der Waals surface area contributed by atoms with Crippen molar-refractivity contribution in [3.05, 3.63) is 16.8 Å². The van der Waals surface area contributed by atoms with Crippen molar-refractivity contribution in [1.82, 2.24) is 10.2 Å². The third-order valence-electron chi connectivity index (χ3n) is 4.41. The molecule has 1 heterocycles. The summed E-state index contributed by atoms with van der Waals surface area (Å²) in [6, 6.07) is 0.479. The average Bonchev–Trinajstić information content (AvgIpc) is 2.69. The maximum absolute atomic E-state index is 7.85. The highest BCUT2D eigenvalue weighted by atomic mass is 15.3. The molecule has 3 N–H and O–H groups in total. The number of hydrogen-bond acceptors (Lipinski definition) is 4. The van der Waals surface area contributed by atoms with Crippen LogP contribution < -0.4 is 10.6 Å². The van der Waals surface area contributed by atoms with Gasteiger partial charge in [-0.25, -0.2) is 0 Å². The lowest BCUT2D eigenvalue weighted by Crippen LogP contribution is -2.34. The highest BCUT2D eigenvalue weighted by molar-refractivity contribution is 6.01. The van der Waals surface area contributed by atoms with Crippen LogP contribution in [0.4, 0.5) is 5.82 Å². The van der Waals surface area contributed by atoms with E-state index in [2.05, 4.69) is 22.1 Å². The van der Waals surface area contributed by atoms with E-state index in [1.54, 1.807) is 0 Å². The number of aryl methyl sites for hydroxylation is 1. The molecule has 0 spiro atoms. The molecular formula is C15H25N5. The van der Waals surface area contributed by atoms with Crippen molar-refractivity contribution in [1.29, 1.82) is 5.41 Å². The number of aromatic nitrogens is 2. The highest BCUT2D eigenvalue weighted by Gasteiger charge is 2.23. The van der Waals surface area contributed by atoms with Crippen LogP contribution in [0.2, 0.25) is 0 Å². The molecule has 0 amide bonds. The van der Waals surface area contributed by atoms with E-state index in [1.807, 2.05) is 13.8 Å².